The number of carbonyl (C=O) groups is 1. The van der Waals surface area contributed by atoms with E-state index in [1.807, 2.05) is 19.1 Å². The third kappa shape index (κ3) is 3.60. The van der Waals surface area contributed by atoms with E-state index < -0.39 is 0 Å². The van der Waals surface area contributed by atoms with Gasteiger partial charge in [0.2, 0.25) is 0 Å². The smallest absolute Gasteiger partial charge is 0.270 e. The number of hydrogen-bond donors (Lipinski definition) is 1. The van der Waals surface area contributed by atoms with Crippen LogP contribution in [0.15, 0.2) is 24.3 Å². The third-order valence-electron chi connectivity index (χ3n) is 5.23. The molecule has 3 heterocycles. The predicted octanol–water partition coefficient (Wildman–Crippen LogP) is 1.40. The van der Waals surface area contributed by atoms with Crippen molar-refractivity contribution in [3.63, 3.8) is 0 Å². The van der Waals surface area contributed by atoms with E-state index >= 15 is 0 Å². The molecule has 27 heavy (non-hydrogen) atoms. The Balaban J connectivity index is 1.48. The lowest BCUT2D eigenvalue weighted by molar-refractivity contribution is 0.0940. The number of aryl methyl sites for hydroxylation is 1. The van der Waals surface area contributed by atoms with E-state index in [4.69, 9.17) is 4.74 Å². The lowest BCUT2D eigenvalue weighted by Crippen LogP contribution is -2.47. The van der Waals surface area contributed by atoms with Gasteiger partial charge in [-0.05, 0) is 19.4 Å². The van der Waals surface area contributed by atoms with Gasteiger partial charge in [-0.2, -0.15) is 0 Å². The maximum atomic E-state index is 12.1. The average Bonchev–Trinajstić information content (AvgIpc) is 2.69. The summed E-state index contributed by atoms with van der Waals surface area (Å²) in [6.45, 7) is 7.05. The minimum absolute atomic E-state index is 0.0854. The Labute approximate surface area is 159 Å². The molecule has 0 saturated carbocycles. The van der Waals surface area contributed by atoms with E-state index in [1.54, 1.807) is 7.11 Å². The molecule has 142 valence electrons. The molecule has 0 unspecified atom stereocenters. The summed E-state index contributed by atoms with van der Waals surface area (Å²) in [6, 6.07) is 8.17. The Kier molecular flexibility index (Phi) is 4.94. The first-order valence-electron chi connectivity index (χ1n) is 9.40. The molecule has 1 fully saturated rings. The molecule has 0 bridgehead atoms. The van der Waals surface area contributed by atoms with Gasteiger partial charge in [0.05, 0.1) is 7.11 Å². The maximum absolute atomic E-state index is 12.1. The lowest BCUT2D eigenvalue weighted by atomic mass is 10.1. The molecule has 0 aliphatic carbocycles. The van der Waals surface area contributed by atoms with Crippen molar-refractivity contribution in [2.24, 2.45) is 0 Å². The predicted molar refractivity (Wildman–Crippen MR) is 103 cm³/mol. The van der Waals surface area contributed by atoms with Gasteiger partial charge >= 0.3 is 0 Å². The molecule has 0 spiro atoms. The van der Waals surface area contributed by atoms with Crippen molar-refractivity contribution < 1.29 is 9.53 Å². The molecule has 2 aromatic rings. The van der Waals surface area contributed by atoms with Crippen molar-refractivity contribution in [1.82, 2.24) is 20.2 Å². The van der Waals surface area contributed by atoms with Crippen LogP contribution in [0.1, 0.15) is 27.4 Å². The lowest BCUT2D eigenvalue weighted by Gasteiger charge is -2.37. The second kappa shape index (κ2) is 7.52. The van der Waals surface area contributed by atoms with Crippen LogP contribution in [-0.4, -0.2) is 60.6 Å². The highest BCUT2D eigenvalue weighted by Gasteiger charge is 2.27. The molecule has 1 N–H and O–H groups in total. The fourth-order valence-electron chi connectivity index (χ4n) is 3.84. The van der Waals surface area contributed by atoms with Gasteiger partial charge in [0.15, 0.2) is 0 Å². The number of benzene rings is 1. The third-order valence-corrected chi connectivity index (χ3v) is 5.23. The van der Waals surface area contributed by atoms with Crippen molar-refractivity contribution in [3.8, 4) is 5.75 Å². The highest BCUT2D eigenvalue weighted by atomic mass is 16.5. The summed E-state index contributed by atoms with van der Waals surface area (Å²) in [5, 5.41) is 2.87. The summed E-state index contributed by atoms with van der Waals surface area (Å²) in [4.78, 5) is 25.9. The number of para-hydroxylation sites is 1. The number of piperazine rings is 1. The van der Waals surface area contributed by atoms with Crippen LogP contribution in [0.3, 0.4) is 0 Å². The zero-order chi connectivity index (χ0) is 18.8. The summed E-state index contributed by atoms with van der Waals surface area (Å²) in [7, 11) is 1.72. The molecule has 1 amide bonds. The van der Waals surface area contributed by atoms with Gasteiger partial charge in [-0.1, -0.05) is 18.2 Å². The van der Waals surface area contributed by atoms with Crippen LogP contribution in [0.5, 0.6) is 5.75 Å². The average molecular weight is 367 g/mol. The Morgan fingerprint density at radius 3 is 2.70 bits per heavy atom. The molecule has 4 rings (SSSR count). The molecule has 1 saturated heterocycles. The van der Waals surface area contributed by atoms with Gasteiger partial charge in [-0.15, -0.1) is 0 Å². The van der Waals surface area contributed by atoms with Crippen LogP contribution in [0.25, 0.3) is 0 Å². The Morgan fingerprint density at radius 2 is 1.93 bits per heavy atom. The van der Waals surface area contributed by atoms with E-state index in [-0.39, 0.29) is 5.91 Å². The number of hydrogen-bond acceptors (Lipinski definition) is 6. The van der Waals surface area contributed by atoms with Gasteiger partial charge in [-0.3, -0.25) is 9.69 Å². The fraction of sp³-hybridized carbons (Fsp3) is 0.450. The van der Waals surface area contributed by atoms with Crippen molar-refractivity contribution in [2.45, 2.75) is 19.9 Å². The minimum Gasteiger partial charge on any atom is -0.496 e. The standard InChI is InChI=1S/C20H25N5O2/c1-14-22-18-16(7-8-21-20(18)26)19(23-14)25-11-9-24(10-12-25)13-15-5-3-4-6-17(15)27-2/h3-6H,7-13H2,1-2H3,(H,21,26). The quantitative estimate of drug-likeness (QED) is 0.881. The van der Waals surface area contributed by atoms with Crippen LogP contribution in [0.4, 0.5) is 5.82 Å². The maximum Gasteiger partial charge on any atom is 0.270 e. The van der Waals surface area contributed by atoms with Crippen molar-refractivity contribution in [2.75, 3.05) is 44.7 Å². The second-order valence-electron chi connectivity index (χ2n) is 7.00. The molecule has 2 aliphatic heterocycles. The number of carbonyl (C=O) groups excluding carboxylic acids is 1. The highest BCUT2D eigenvalue weighted by Crippen LogP contribution is 2.26. The summed E-state index contributed by atoms with van der Waals surface area (Å²) in [5.41, 5.74) is 2.74. The van der Waals surface area contributed by atoms with Gasteiger partial charge < -0.3 is 15.0 Å². The highest BCUT2D eigenvalue weighted by molar-refractivity contribution is 5.96. The van der Waals surface area contributed by atoms with Gasteiger partial charge in [0.1, 0.15) is 23.1 Å². The van der Waals surface area contributed by atoms with E-state index in [9.17, 15) is 4.79 Å². The molecule has 7 heteroatoms. The fourth-order valence-corrected chi connectivity index (χ4v) is 3.84. The normalized spacial score (nSPS) is 17.4. The number of amides is 1. The Morgan fingerprint density at radius 1 is 1.15 bits per heavy atom. The molecule has 1 aromatic heterocycles. The van der Waals surface area contributed by atoms with Crippen LogP contribution >= 0.6 is 0 Å². The summed E-state index contributed by atoms with van der Waals surface area (Å²) >= 11 is 0. The van der Waals surface area contributed by atoms with Crippen molar-refractivity contribution >= 4 is 11.7 Å². The number of nitrogens with zero attached hydrogens (tertiary/aromatic N) is 4. The summed E-state index contributed by atoms with van der Waals surface area (Å²) < 4.78 is 5.47. The second-order valence-corrected chi connectivity index (χ2v) is 7.00. The van der Waals surface area contributed by atoms with Gasteiger partial charge in [0.25, 0.3) is 5.91 Å². The molecule has 2 aliphatic rings. The summed E-state index contributed by atoms with van der Waals surface area (Å²) in [5.74, 6) is 2.44. The SMILES string of the molecule is COc1ccccc1CN1CCN(c2nc(C)nc3c2CCNC3=O)CC1. The van der Waals surface area contributed by atoms with Crippen LogP contribution in [0.2, 0.25) is 0 Å². The van der Waals surface area contributed by atoms with E-state index in [0.717, 1.165) is 56.3 Å². The number of ether oxygens (including phenoxy) is 1. The van der Waals surface area contributed by atoms with Gasteiger partial charge in [-0.25, -0.2) is 9.97 Å². The van der Waals surface area contributed by atoms with Crippen molar-refractivity contribution in [1.29, 1.82) is 0 Å². The Hall–Kier alpha value is -2.67. The number of rotatable bonds is 4. The number of nitrogens with one attached hydrogen (secondary N) is 1. The number of methoxy groups -OCH3 is 1. The van der Waals surface area contributed by atoms with E-state index in [1.165, 1.54) is 5.56 Å². The number of fused-ring (bicyclic) bond motifs is 1. The molecule has 1 aromatic carbocycles. The Bertz CT molecular complexity index is 846. The topological polar surface area (TPSA) is 70.6 Å². The summed E-state index contributed by atoms with van der Waals surface area (Å²) in [6.07, 6.45) is 0.790. The number of aromatic nitrogens is 2. The van der Waals surface area contributed by atoms with Gasteiger partial charge in [0, 0.05) is 50.4 Å². The van der Waals surface area contributed by atoms with Crippen molar-refractivity contribution in [3.05, 3.63) is 46.9 Å². The van der Waals surface area contributed by atoms with E-state index in [2.05, 4.69) is 37.2 Å². The van der Waals surface area contributed by atoms with Crippen LogP contribution < -0.4 is 15.0 Å². The molecular formula is C20H25N5O2. The zero-order valence-electron chi connectivity index (χ0n) is 15.9. The van der Waals surface area contributed by atoms with Crippen LogP contribution in [-0.2, 0) is 13.0 Å². The molecule has 0 atom stereocenters. The first kappa shape index (κ1) is 17.7. The zero-order valence-corrected chi connectivity index (χ0v) is 15.9. The van der Waals surface area contributed by atoms with Crippen LogP contribution in [0, 0.1) is 6.92 Å². The molecular weight excluding hydrogens is 342 g/mol. The first-order valence-corrected chi connectivity index (χ1v) is 9.40. The number of anilines is 1. The first-order chi connectivity index (χ1) is 13.2. The molecule has 0 radical (unpaired) electrons. The largest absolute Gasteiger partial charge is 0.496 e. The minimum atomic E-state index is -0.0854. The molecule has 7 nitrogen and oxygen atoms in total. The van der Waals surface area contributed by atoms with E-state index in [0.29, 0.717) is 18.1 Å². The monoisotopic (exact) mass is 367 g/mol.